The number of hydrogen-bond acceptors (Lipinski definition) is 4. The van der Waals surface area contributed by atoms with Crippen LogP contribution in [0.4, 0.5) is 19.0 Å². The van der Waals surface area contributed by atoms with Gasteiger partial charge in [0.05, 0.1) is 5.56 Å². The molecule has 1 N–H and O–H groups in total. The first-order valence-corrected chi connectivity index (χ1v) is 9.05. The molecule has 3 aromatic heterocycles. The van der Waals surface area contributed by atoms with Crippen molar-refractivity contribution < 1.29 is 13.2 Å². The van der Waals surface area contributed by atoms with Crippen molar-refractivity contribution in [1.82, 2.24) is 19.6 Å². The smallest absolute Gasteiger partial charge is 0.367 e. The number of pyridine rings is 2. The van der Waals surface area contributed by atoms with Gasteiger partial charge in [0.1, 0.15) is 11.6 Å². The van der Waals surface area contributed by atoms with Gasteiger partial charge in [0, 0.05) is 29.9 Å². The normalized spacial score (nSPS) is 20.1. The van der Waals surface area contributed by atoms with Crippen LogP contribution in [0.2, 0.25) is 0 Å². The van der Waals surface area contributed by atoms with Gasteiger partial charge < -0.3 is 5.32 Å². The molecule has 0 amide bonds. The van der Waals surface area contributed by atoms with E-state index in [4.69, 9.17) is 6.42 Å². The Labute approximate surface area is 160 Å². The van der Waals surface area contributed by atoms with Crippen LogP contribution in [-0.4, -0.2) is 25.6 Å². The van der Waals surface area contributed by atoms with Crippen molar-refractivity contribution in [3.05, 3.63) is 53.6 Å². The molecule has 0 aliphatic heterocycles. The number of anilines is 1. The van der Waals surface area contributed by atoms with E-state index in [9.17, 15) is 13.2 Å². The SMILES string of the molecule is C#Cc1ccn2c([C@H]3CCC[C@@H](Nc4ccc(C(F)(F)F)cn4)C3)nnc2c1. The summed E-state index contributed by atoms with van der Waals surface area (Å²) in [5, 5.41) is 11.8. The molecule has 4 rings (SSSR count). The lowest BCUT2D eigenvalue weighted by Gasteiger charge is -2.29. The topological polar surface area (TPSA) is 55.1 Å². The second-order valence-electron chi connectivity index (χ2n) is 6.98. The van der Waals surface area contributed by atoms with Gasteiger partial charge in [-0.05, 0) is 43.5 Å². The van der Waals surface area contributed by atoms with E-state index in [1.165, 1.54) is 6.07 Å². The maximum atomic E-state index is 12.7. The molecule has 0 saturated heterocycles. The van der Waals surface area contributed by atoms with Crippen molar-refractivity contribution in [2.45, 2.75) is 43.8 Å². The Bertz CT molecular complexity index is 1020. The molecule has 1 aliphatic carbocycles. The largest absolute Gasteiger partial charge is 0.417 e. The first-order valence-electron chi connectivity index (χ1n) is 9.05. The fourth-order valence-electron chi connectivity index (χ4n) is 3.69. The molecule has 0 spiro atoms. The molecule has 1 aliphatic rings. The molecule has 2 atom stereocenters. The predicted molar refractivity (Wildman–Crippen MR) is 98.8 cm³/mol. The highest BCUT2D eigenvalue weighted by Crippen LogP contribution is 2.34. The Morgan fingerprint density at radius 1 is 1.18 bits per heavy atom. The highest BCUT2D eigenvalue weighted by molar-refractivity contribution is 5.47. The first-order chi connectivity index (χ1) is 13.4. The summed E-state index contributed by atoms with van der Waals surface area (Å²) in [5.41, 5.74) is 0.716. The van der Waals surface area contributed by atoms with Crippen molar-refractivity contribution in [2.75, 3.05) is 5.32 Å². The Morgan fingerprint density at radius 3 is 2.75 bits per heavy atom. The quantitative estimate of drug-likeness (QED) is 0.685. The van der Waals surface area contributed by atoms with Gasteiger partial charge in [0.2, 0.25) is 0 Å². The van der Waals surface area contributed by atoms with E-state index in [0.717, 1.165) is 49.3 Å². The number of nitrogens with zero attached hydrogens (tertiary/aromatic N) is 4. The highest BCUT2D eigenvalue weighted by Gasteiger charge is 2.31. The second-order valence-corrected chi connectivity index (χ2v) is 6.98. The van der Waals surface area contributed by atoms with Gasteiger partial charge in [-0.15, -0.1) is 16.6 Å². The molecule has 28 heavy (non-hydrogen) atoms. The molecule has 5 nitrogen and oxygen atoms in total. The summed E-state index contributed by atoms with van der Waals surface area (Å²) in [6.45, 7) is 0. The van der Waals surface area contributed by atoms with Crippen molar-refractivity contribution in [3.8, 4) is 12.3 Å². The number of terminal acetylenes is 1. The summed E-state index contributed by atoms with van der Waals surface area (Å²) in [7, 11) is 0. The molecular weight excluding hydrogens is 367 g/mol. The van der Waals surface area contributed by atoms with Crippen molar-refractivity contribution in [2.24, 2.45) is 0 Å². The molecule has 0 aromatic carbocycles. The maximum Gasteiger partial charge on any atom is 0.417 e. The fourth-order valence-corrected chi connectivity index (χ4v) is 3.69. The van der Waals surface area contributed by atoms with Crippen LogP contribution in [0.1, 0.15) is 48.6 Å². The van der Waals surface area contributed by atoms with Gasteiger partial charge in [0.25, 0.3) is 0 Å². The number of nitrogens with one attached hydrogen (secondary N) is 1. The molecule has 144 valence electrons. The molecule has 1 saturated carbocycles. The Morgan fingerprint density at radius 2 is 2.04 bits per heavy atom. The number of halogens is 3. The minimum absolute atomic E-state index is 0.111. The number of hydrogen-bond donors (Lipinski definition) is 1. The third-order valence-corrected chi connectivity index (χ3v) is 5.09. The first kappa shape index (κ1) is 18.3. The van der Waals surface area contributed by atoms with Gasteiger partial charge in [0.15, 0.2) is 5.65 Å². The zero-order valence-corrected chi connectivity index (χ0v) is 14.9. The van der Waals surface area contributed by atoms with Gasteiger partial charge >= 0.3 is 6.18 Å². The van der Waals surface area contributed by atoms with Gasteiger partial charge in [-0.1, -0.05) is 12.3 Å². The number of alkyl halides is 3. The second kappa shape index (κ2) is 7.15. The zero-order valence-electron chi connectivity index (χ0n) is 14.9. The molecule has 0 bridgehead atoms. The van der Waals surface area contributed by atoms with Crippen LogP contribution in [0, 0.1) is 12.3 Å². The molecule has 0 radical (unpaired) electrons. The van der Waals surface area contributed by atoms with Crippen LogP contribution in [-0.2, 0) is 6.18 Å². The van der Waals surface area contributed by atoms with Crippen molar-refractivity contribution >= 4 is 11.5 Å². The Kier molecular flexibility index (Phi) is 4.67. The van der Waals surface area contributed by atoms with E-state index in [2.05, 4.69) is 26.4 Å². The summed E-state index contributed by atoms with van der Waals surface area (Å²) < 4.78 is 40.0. The van der Waals surface area contributed by atoms with E-state index in [1.54, 1.807) is 0 Å². The summed E-state index contributed by atoms with van der Waals surface area (Å²) in [6, 6.07) is 6.21. The summed E-state index contributed by atoms with van der Waals surface area (Å²) in [6.07, 6.45) is 7.50. The van der Waals surface area contributed by atoms with Crippen molar-refractivity contribution in [3.63, 3.8) is 0 Å². The average Bonchev–Trinajstić information content (AvgIpc) is 3.11. The molecule has 8 heteroatoms. The lowest BCUT2D eigenvalue weighted by Crippen LogP contribution is -2.27. The van der Waals surface area contributed by atoms with E-state index in [1.807, 2.05) is 22.7 Å². The van der Waals surface area contributed by atoms with E-state index in [-0.39, 0.29) is 12.0 Å². The van der Waals surface area contributed by atoms with Crippen LogP contribution < -0.4 is 5.32 Å². The minimum atomic E-state index is -4.38. The fraction of sp³-hybridized carbons (Fsp3) is 0.350. The average molecular weight is 385 g/mol. The molecular formula is C20H18F3N5. The van der Waals surface area contributed by atoms with Crippen LogP contribution in [0.15, 0.2) is 36.7 Å². The summed E-state index contributed by atoms with van der Waals surface area (Å²) >= 11 is 0. The zero-order chi connectivity index (χ0) is 19.7. The highest BCUT2D eigenvalue weighted by atomic mass is 19.4. The van der Waals surface area contributed by atoms with Crippen LogP contribution in [0.25, 0.3) is 5.65 Å². The Balaban J connectivity index is 1.48. The third-order valence-electron chi connectivity index (χ3n) is 5.09. The van der Waals surface area contributed by atoms with Crippen LogP contribution in [0.5, 0.6) is 0 Å². The van der Waals surface area contributed by atoms with Crippen LogP contribution in [0.3, 0.4) is 0 Å². The molecule has 1 fully saturated rings. The van der Waals surface area contributed by atoms with E-state index >= 15 is 0 Å². The predicted octanol–water partition coefficient (Wildman–Crippen LogP) is 4.26. The molecule has 3 aromatic rings. The third kappa shape index (κ3) is 3.65. The Hall–Kier alpha value is -3.08. The van der Waals surface area contributed by atoms with Gasteiger partial charge in [-0.25, -0.2) is 4.98 Å². The minimum Gasteiger partial charge on any atom is -0.367 e. The van der Waals surface area contributed by atoms with E-state index in [0.29, 0.717) is 11.5 Å². The summed E-state index contributed by atoms with van der Waals surface area (Å²) in [5.74, 6) is 4.12. The van der Waals surface area contributed by atoms with E-state index < -0.39 is 11.7 Å². The lowest BCUT2D eigenvalue weighted by atomic mass is 9.85. The monoisotopic (exact) mass is 385 g/mol. The summed E-state index contributed by atoms with van der Waals surface area (Å²) in [4.78, 5) is 3.91. The van der Waals surface area contributed by atoms with Gasteiger partial charge in [-0.2, -0.15) is 13.2 Å². The number of aromatic nitrogens is 4. The maximum absolute atomic E-state index is 12.7. The molecule has 0 unspecified atom stereocenters. The number of rotatable bonds is 3. The standard InChI is InChI=1S/C20H18F3N5/c1-2-13-8-9-28-18(10-13)26-27-19(28)14-4-3-5-16(11-14)25-17-7-6-15(12-24-17)20(21,22)23/h1,6-10,12,14,16H,3-5,11H2,(H,24,25)/t14-,16+/m0/s1. The number of fused-ring (bicyclic) bond motifs is 1. The molecule has 3 heterocycles. The van der Waals surface area contributed by atoms with Gasteiger partial charge in [-0.3, -0.25) is 4.40 Å². The van der Waals surface area contributed by atoms with Crippen molar-refractivity contribution in [1.29, 1.82) is 0 Å². The van der Waals surface area contributed by atoms with Crippen LogP contribution >= 0.6 is 0 Å². The lowest BCUT2D eigenvalue weighted by molar-refractivity contribution is -0.137.